The molecule has 2 fully saturated rings. The number of hydrogen-bond acceptors (Lipinski definition) is 3. The van der Waals surface area contributed by atoms with Crippen LogP contribution in [0.4, 0.5) is 0 Å². The highest BCUT2D eigenvalue weighted by molar-refractivity contribution is 5.88. The van der Waals surface area contributed by atoms with Gasteiger partial charge in [0.05, 0.1) is 0 Å². The minimum Gasteiger partial charge on any atom is -0.370 e. The van der Waals surface area contributed by atoms with E-state index in [0.29, 0.717) is 32.5 Å². The Kier molecular flexibility index (Phi) is 3.68. The molecule has 112 valence electrons. The molecule has 0 bridgehead atoms. The van der Waals surface area contributed by atoms with Gasteiger partial charge in [0.2, 0.25) is 5.91 Å². The first-order valence-electron chi connectivity index (χ1n) is 7.39. The highest BCUT2D eigenvalue weighted by Gasteiger charge is 2.49. The fourth-order valence-electron chi connectivity index (χ4n) is 3.27. The molecule has 2 amide bonds. The van der Waals surface area contributed by atoms with Crippen LogP contribution in [0.5, 0.6) is 0 Å². The van der Waals surface area contributed by atoms with Crippen LogP contribution in [-0.2, 0) is 19.9 Å². The number of benzene rings is 1. The molecule has 5 nitrogen and oxygen atoms in total. The van der Waals surface area contributed by atoms with Gasteiger partial charge in [0, 0.05) is 32.0 Å². The van der Waals surface area contributed by atoms with Crippen molar-refractivity contribution < 1.29 is 14.3 Å². The van der Waals surface area contributed by atoms with Gasteiger partial charge in [-0.25, -0.2) is 0 Å². The molecule has 3 rings (SSSR count). The van der Waals surface area contributed by atoms with Crippen molar-refractivity contribution in [3.8, 4) is 0 Å². The van der Waals surface area contributed by atoms with E-state index in [9.17, 15) is 9.59 Å². The molecule has 1 aromatic carbocycles. The molecule has 1 aromatic rings. The van der Waals surface area contributed by atoms with E-state index < -0.39 is 5.60 Å². The van der Waals surface area contributed by atoms with E-state index in [1.54, 1.807) is 4.90 Å². The van der Waals surface area contributed by atoms with E-state index >= 15 is 0 Å². The highest BCUT2D eigenvalue weighted by Crippen LogP contribution is 2.39. The molecule has 2 aliphatic rings. The van der Waals surface area contributed by atoms with Crippen molar-refractivity contribution in [2.75, 3.05) is 19.7 Å². The molecular weight excluding hydrogens is 268 g/mol. The van der Waals surface area contributed by atoms with E-state index in [0.717, 1.165) is 12.0 Å². The minimum absolute atomic E-state index is 0.0203. The standard InChI is InChI=1S/C16H20N2O3/c17-14(19)9-12-10-18(11-12)15(20)16(7-4-8-21-16)13-5-2-1-3-6-13/h1-3,5-6,12H,4,7-11H2,(H2,17,19). The molecular formula is C16H20N2O3. The lowest BCUT2D eigenvalue weighted by atomic mass is 9.86. The number of ether oxygens (including phenoxy) is 1. The summed E-state index contributed by atoms with van der Waals surface area (Å²) in [5.41, 5.74) is 5.28. The number of rotatable bonds is 4. The van der Waals surface area contributed by atoms with Crippen molar-refractivity contribution in [1.82, 2.24) is 4.90 Å². The van der Waals surface area contributed by atoms with Gasteiger partial charge in [0.1, 0.15) is 0 Å². The number of amides is 2. The Labute approximate surface area is 124 Å². The van der Waals surface area contributed by atoms with Crippen LogP contribution in [0, 0.1) is 5.92 Å². The maximum Gasteiger partial charge on any atom is 0.259 e. The summed E-state index contributed by atoms with van der Waals surface area (Å²) < 4.78 is 5.88. The molecule has 5 heteroatoms. The van der Waals surface area contributed by atoms with Gasteiger partial charge in [-0.1, -0.05) is 30.3 Å². The van der Waals surface area contributed by atoms with Gasteiger partial charge in [0.25, 0.3) is 5.91 Å². The lowest BCUT2D eigenvalue weighted by molar-refractivity contribution is -0.161. The quantitative estimate of drug-likeness (QED) is 0.899. The van der Waals surface area contributed by atoms with Crippen LogP contribution in [-0.4, -0.2) is 36.4 Å². The van der Waals surface area contributed by atoms with Crippen molar-refractivity contribution in [3.63, 3.8) is 0 Å². The Balaban J connectivity index is 1.74. The van der Waals surface area contributed by atoms with Gasteiger partial charge in [0.15, 0.2) is 5.60 Å². The van der Waals surface area contributed by atoms with Crippen LogP contribution in [0.25, 0.3) is 0 Å². The molecule has 2 saturated heterocycles. The second-order valence-electron chi connectivity index (χ2n) is 5.89. The summed E-state index contributed by atoms with van der Waals surface area (Å²) in [5.74, 6) is -0.0883. The summed E-state index contributed by atoms with van der Waals surface area (Å²) >= 11 is 0. The third kappa shape index (κ3) is 2.53. The number of primary amides is 1. The van der Waals surface area contributed by atoms with Crippen LogP contribution in [0.15, 0.2) is 30.3 Å². The SMILES string of the molecule is NC(=O)CC1CN(C(=O)C2(c3ccccc3)CCCO2)C1. The second kappa shape index (κ2) is 5.48. The molecule has 1 unspecified atom stereocenters. The summed E-state index contributed by atoms with van der Waals surface area (Å²) in [6.45, 7) is 1.80. The summed E-state index contributed by atoms with van der Waals surface area (Å²) in [5, 5.41) is 0. The van der Waals surface area contributed by atoms with Gasteiger partial charge in [-0.05, 0) is 18.4 Å². The van der Waals surface area contributed by atoms with Crippen molar-refractivity contribution in [2.24, 2.45) is 11.7 Å². The van der Waals surface area contributed by atoms with Crippen LogP contribution < -0.4 is 5.73 Å². The van der Waals surface area contributed by atoms with Crippen LogP contribution >= 0.6 is 0 Å². The molecule has 0 spiro atoms. The topological polar surface area (TPSA) is 72.6 Å². The fourth-order valence-corrected chi connectivity index (χ4v) is 3.27. The third-order valence-electron chi connectivity index (χ3n) is 4.34. The first-order chi connectivity index (χ1) is 10.1. The van der Waals surface area contributed by atoms with Crippen molar-refractivity contribution in [3.05, 3.63) is 35.9 Å². The smallest absolute Gasteiger partial charge is 0.259 e. The zero-order valence-corrected chi connectivity index (χ0v) is 12.0. The summed E-state index contributed by atoms with van der Waals surface area (Å²) in [6, 6.07) is 9.69. The zero-order valence-electron chi connectivity index (χ0n) is 12.0. The molecule has 0 aromatic heterocycles. The van der Waals surface area contributed by atoms with Gasteiger partial charge in [-0.15, -0.1) is 0 Å². The van der Waals surface area contributed by atoms with E-state index in [4.69, 9.17) is 10.5 Å². The average molecular weight is 288 g/mol. The number of hydrogen-bond donors (Lipinski definition) is 1. The largest absolute Gasteiger partial charge is 0.370 e. The predicted octanol–water partition coefficient (Wildman–Crippen LogP) is 1.03. The Morgan fingerprint density at radius 2 is 2.00 bits per heavy atom. The maximum atomic E-state index is 12.9. The van der Waals surface area contributed by atoms with Crippen LogP contribution in [0.2, 0.25) is 0 Å². The first-order valence-corrected chi connectivity index (χ1v) is 7.39. The molecule has 1 atom stereocenters. The Bertz CT molecular complexity index is 532. The van der Waals surface area contributed by atoms with E-state index in [1.807, 2.05) is 30.3 Å². The lowest BCUT2D eigenvalue weighted by Gasteiger charge is -2.43. The molecule has 0 aliphatic carbocycles. The van der Waals surface area contributed by atoms with E-state index in [2.05, 4.69) is 0 Å². The number of nitrogens with zero attached hydrogens (tertiary/aromatic N) is 1. The summed E-state index contributed by atoms with van der Waals surface area (Å²) in [4.78, 5) is 25.6. The Morgan fingerprint density at radius 3 is 2.57 bits per heavy atom. The molecule has 0 radical (unpaired) electrons. The number of nitrogens with two attached hydrogens (primary N) is 1. The van der Waals surface area contributed by atoms with E-state index in [-0.39, 0.29) is 17.7 Å². The summed E-state index contributed by atoms with van der Waals surface area (Å²) in [6.07, 6.45) is 1.95. The maximum absolute atomic E-state index is 12.9. The average Bonchev–Trinajstić information content (AvgIpc) is 2.93. The fraction of sp³-hybridized carbons (Fsp3) is 0.500. The number of carbonyl (C=O) groups is 2. The van der Waals surface area contributed by atoms with Crippen LogP contribution in [0.1, 0.15) is 24.8 Å². The van der Waals surface area contributed by atoms with Gasteiger partial charge in [-0.2, -0.15) is 0 Å². The zero-order chi connectivity index (χ0) is 14.9. The number of likely N-dealkylation sites (tertiary alicyclic amines) is 1. The molecule has 2 heterocycles. The number of carbonyl (C=O) groups excluding carboxylic acids is 2. The van der Waals surface area contributed by atoms with Gasteiger partial charge in [-0.3, -0.25) is 9.59 Å². The minimum atomic E-state index is -0.834. The first kappa shape index (κ1) is 14.1. The van der Waals surface area contributed by atoms with E-state index in [1.165, 1.54) is 0 Å². The monoisotopic (exact) mass is 288 g/mol. The Hall–Kier alpha value is -1.88. The molecule has 2 N–H and O–H groups in total. The normalized spacial score (nSPS) is 25.6. The summed E-state index contributed by atoms with van der Waals surface area (Å²) in [7, 11) is 0. The van der Waals surface area contributed by atoms with Crippen LogP contribution in [0.3, 0.4) is 0 Å². The van der Waals surface area contributed by atoms with Gasteiger partial charge < -0.3 is 15.4 Å². The molecule has 0 saturated carbocycles. The predicted molar refractivity (Wildman–Crippen MR) is 77.2 cm³/mol. The molecule has 21 heavy (non-hydrogen) atoms. The Morgan fingerprint density at radius 1 is 1.29 bits per heavy atom. The lowest BCUT2D eigenvalue weighted by Crippen LogP contribution is -2.57. The van der Waals surface area contributed by atoms with Gasteiger partial charge >= 0.3 is 0 Å². The highest BCUT2D eigenvalue weighted by atomic mass is 16.5. The van der Waals surface area contributed by atoms with Crippen molar-refractivity contribution in [1.29, 1.82) is 0 Å². The van der Waals surface area contributed by atoms with Crippen molar-refractivity contribution in [2.45, 2.75) is 24.9 Å². The third-order valence-corrected chi connectivity index (χ3v) is 4.34. The second-order valence-corrected chi connectivity index (χ2v) is 5.89. The molecule has 2 aliphatic heterocycles. The van der Waals surface area contributed by atoms with Crippen molar-refractivity contribution >= 4 is 11.8 Å².